The van der Waals surface area contributed by atoms with Gasteiger partial charge in [0.15, 0.2) is 0 Å². The van der Waals surface area contributed by atoms with Gasteiger partial charge in [-0.05, 0) is 44.4 Å². The number of hydrogen-bond acceptors (Lipinski definition) is 4. The molecule has 0 aromatic carbocycles. The lowest BCUT2D eigenvalue weighted by Crippen LogP contribution is -2.60. The Kier molecular flexibility index (Phi) is 6.50. The van der Waals surface area contributed by atoms with Crippen LogP contribution in [0.2, 0.25) is 0 Å². The summed E-state index contributed by atoms with van der Waals surface area (Å²) in [5, 5.41) is 3.05. The highest BCUT2D eigenvalue weighted by molar-refractivity contribution is 5.75. The van der Waals surface area contributed by atoms with Crippen LogP contribution in [0.25, 0.3) is 0 Å². The first-order chi connectivity index (χ1) is 12.9. The number of carbonyl (C=O) groups excluding carboxylic acids is 2. The van der Waals surface area contributed by atoms with E-state index in [9.17, 15) is 9.59 Å². The third-order valence-corrected chi connectivity index (χ3v) is 6.26. The summed E-state index contributed by atoms with van der Waals surface area (Å²) in [5.41, 5.74) is 0.142. The highest BCUT2D eigenvalue weighted by Crippen LogP contribution is 2.28. The fourth-order valence-electron chi connectivity index (χ4n) is 4.70. The SMILES string of the molecule is CCOC(=O)N1CCCC(N2CCC(N3CC(C)(C)CNC3=O)CC2)CC1. The average Bonchev–Trinajstić information content (AvgIpc) is 2.90. The van der Waals surface area contributed by atoms with Gasteiger partial charge >= 0.3 is 12.1 Å². The number of hydrogen-bond donors (Lipinski definition) is 1. The van der Waals surface area contributed by atoms with Gasteiger partial charge in [0.1, 0.15) is 0 Å². The van der Waals surface area contributed by atoms with Crippen LogP contribution >= 0.6 is 0 Å². The van der Waals surface area contributed by atoms with E-state index in [4.69, 9.17) is 4.74 Å². The van der Waals surface area contributed by atoms with Gasteiger partial charge in [0.25, 0.3) is 0 Å². The minimum atomic E-state index is -0.171. The maximum absolute atomic E-state index is 12.3. The van der Waals surface area contributed by atoms with E-state index in [1.165, 1.54) is 0 Å². The van der Waals surface area contributed by atoms with Gasteiger partial charge < -0.3 is 24.8 Å². The summed E-state index contributed by atoms with van der Waals surface area (Å²) in [6, 6.07) is 0.993. The van der Waals surface area contributed by atoms with Crippen molar-refractivity contribution in [3.8, 4) is 0 Å². The predicted octanol–water partition coefficient (Wildman–Crippen LogP) is 2.51. The molecule has 7 heteroatoms. The first kappa shape index (κ1) is 20.2. The second-order valence-corrected chi connectivity index (χ2v) is 8.99. The van der Waals surface area contributed by atoms with Gasteiger partial charge in [-0.25, -0.2) is 9.59 Å². The maximum atomic E-state index is 12.3. The Morgan fingerprint density at radius 3 is 2.52 bits per heavy atom. The number of likely N-dealkylation sites (tertiary alicyclic amines) is 2. The lowest BCUT2D eigenvalue weighted by Gasteiger charge is -2.46. The third kappa shape index (κ3) is 5.06. The van der Waals surface area contributed by atoms with E-state index >= 15 is 0 Å². The smallest absolute Gasteiger partial charge is 0.409 e. The Labute approximate surface area is 163 Å². The molecule has 3 rings (SSSR count). The molecule has 3 amide bonds. The summed E-state index contributed by atoms with van der Waals surface area (Å²) >= 11 is 0. The fourth-order valence-corrected chi connectivity index (χ4v) is 4.70. The van der Waals surface area contributed by atoms with Crippen molar-refractivity contribution in [3.63, 3.8) is 0 Å². The van der Waals surface area contributed by atoms with Crippen LogP contribution in [0, 0.1) is 5.41 Å². The number of amides is 3. The number of ether oxygens (including phenoxy) is 1. The first-order valence-electron chi connectivity index (χ1n) is 10.6. The molecule has 3 aliphatic heterocycles. The van der Waals surface area contributed by atoms with Crippen LogP contribution in [0.15, 0.2) is 0 Å². The highest BCUT2D eigenvalue weighted by Gasteiger charge is 2.37. The van der Waals surface area contributed by atoms with Crippen molar-refractivity contribution in [2.24, 2.45) is 5.41 Å². The predicted molar refractivity (Wildman–Crippen MR) is 105 cm³/mol. The zero-order chi connectivity index (χ0) is 19.4. The summed E-state index contributed by atoms with van der Waals surface area (Å²) in [4.78, 5) is 30.8. The molecule has 3 fully saturated rings. The number of piperidine rings is 1. The molecule has 0 aromatic rings. The van der Waals surface area contributed by atoms with Crippen LogP contribution in [-0.2, 0) is 4.74 Å². The summed E-state index contributed by atoms with van der Waals surface area (Å²) in [5.74, 6) is 0. The number of nitrogens with zero attached hydrogens (tertiary/aromatic N) is 3. The molecule has 0 aromatic heterocycles. The van der Waals surface area contributed by atoms with E-state index in [0.29, 0.717) is 18.7 Å². The molecular formula is C20H36N4O3. The second-order valence-electron chi connectivity index (χ2n) is 8.99. The van der Waals surface area contributed by atoms with Crippen molar-refractivity contribution in [1.29, 1.82) is 0 Å². The van der Waals surface area contributed by atoms with Gasteiger partial charge in [-0.3, -0.25) is 0 Å². The van der Waals surface area contributed by atoms with Gasteiger partial charge in [0.05, 0.1) is 6.61 Å². The van der Waals surface area contributed by atoms with Crippen molar-refractivity contribution in [2.75, 3.05) is 45.9 Å². The Morgan fingerprint density at radius 1 is 1.11 bits per heavy atom. The van der Waals surface area contributed by atoms with Crippen LogP contribution in [0.1, 0.15) is 52.9 Å². The van der Waals surface area contributed by atoms with Crippen LogP contribution in [0.5, 0.6) is 0 Å². The van der Waals surface area contributed by atoms with Crippen molar-refractivity contribution in [3.05, 3.63) is 0 Å². The summed E-state index contributed by atoms with van der Waals surface area (Å²) in [6.45, 7) is 12.0. The first-order valence-corrected chi connectivity index (χ1v) is 10.6. The molecule has 7 nitrogen and oxygen atoms in total. The molecule has 3 aliphatic rings. The molecular weight excluding hydrogens is 344 g/mol. The average molecular weight is 381 g/mol. The Morgan fingerprint density at radius 2 is 1.81 bits per heavy atom. The fraction of sp³-hybridized carbons (Fsp3) is 0.900. The normalized spacial score (nSPS) is 27.8. The molecule has 0 spiro atoms. The Hall–Kier alpha value is -1.50. The monoisotopic (exact) mass is 380 g/mol. The minimum absolute atomic E-state index is 0.104. The van der Waals surface area contributed by atoms with Gasteiger partial charge in [0.2, 0.25) is 0 Å². The van der Waals surface area contributed by atoms with Gasteiger partial charge in [-0.15, -0.1) is 0 Å². The molecule has 0 bridgehead atoms. The molecule has 3 saturated heterocycles. The molecule has 3 heterocycles. The molecule has 27 heavy (non-hydrogen) atoms. The van der Waals surface area contributed by atoms with Crippen LogP contribution < -0.4 is 5.32 Å². The Balaban J connectivity index is 1.49. The van der Waals surface area contributed by atoms with E-state index in [0.717, 1.165) is 71.4 Å². The van der Waals surface area contributed by atoms with E-state index in [2.05, 4.69) is 29.0 Å². The Bertz CT molecular complexity index is 531. The van der Waals surface area contributed by atoms with Crippen molar-refractivity contribution in [1.82, 2.24) is 20.0 Å². The van der Waals surface area contributed by atoms with Gasteiger partial charge in [0, 0.05) is 51.4 Å². The lowest BCUT2D eigenvalue weighted by atomic mass is 9.89. The van der Waals surface area contributed by atoms with E-state index in [1.807, 2.05) is 11.8 Å². The molecule has 0 radical (unpaired) electrons. The largest absolute Gasteiger partial charge is 0.450 e. The van der Waals surface area contributed by atoms with Crippen molar-refractivity contribution < 1.29 is 14.3 Å². The summed E-state index contributed by atoms with van der Waals surface area (Å²) in [6.07, 6.45) is 5.10. The summed E-state index contributed by atoms with van der Waals surface area (Å²) < 4.78 is 5.16. The number of carbonyl (C=O) groups is 2. The van der Waals surface area contributed by atoms with E-state index in [1.54, 1.807) is 0 Å². The van der Waals surface area contributed by atoms with E-state index in [-0.39, 0.29) is 17.5 Å². The van der Waals surface area contributed by atoms with Crippen molar-refractivity contribution in [2.45, 2.75) is 65.0 Å². The molecule has 0 aliphatic carbocycles. The highest BCUT2D eigenvalue weighted by atomic mass is 16.6. The number of nitrogens with one attached hydrogen (secondary N) is 1. The molecule has 1 N–H and O–H groups in total. The summed E-state index contributed by atoms with van der Waals surface area (Å²) in [7, 11) is 0. The van der Waals surface area contributed by atoms with Gasteiger partial charge in [-0.2, -0.15) is 0 Å². The number of rotatable bonds is 3. The molecule has 1 unspecified atom stereocenters. The third-order valence-electron chi connectivity index (χ3n) is 6.26. The molecule has 154 valence electrons. The maximum Gasteiger partial charge on any atom is 0.409 e. The standard InChI is InChI=1S/C20H36N4O3/c1-4-27-19(26)23-10-5-6-16(7-13-23)22-11-8-17(9-12-22)24-15-20(2,3)14-21-18(24)25/h16-17H,4-15H2,1-3H3,(H,21,25). The van der Waals surface area contributed by atoms with Gasteiger partial charge in [-0.1, -0.05) is 13.8 Å². The van der Waals surface area contributed by atoms with Crippen molar-refractivity contribution >= 4 is 12.1 Å². The van der Waals surface area contributed by atoms with E-state index < -0.39 is 0 Å². The zero-order valence-corrected chi connectivity index (χ0v) is 17.2. The zero-order valence-electron chi connectivity index (χ0n) is 17.2. The molecule has 1 atom stereocenters. The van der Waals surface area contributed by atoms with Crippen LogP contribution in [-0.4, -0.2) is 84.8 Å². The topological polar surface area (TPSA) is 65.1 Å². The number of urea groups is 1. The lowest BCUT2D eigenvalue weighted by molar-refractivity contribution is 0.0606. The van der Waals surface area contributed by atoms with Crippen LogP contribution in [0.3, 0.4) is 0 Å². The minimum Gasteiger partial charge on any atom is -0.450 e. The quantitative estimate of drug-likeness (QED) is 0.817. The second kappa shape index (κ2) is 8.67. The van der Waals surface area contributed by atoms with Crippen LogP contribution in [0.4, 0.5) is 9.59 Å². The molecule has 0 saturated carbocycles.